The Balaban J connectivity index is 1.44. The Kier molecular flexibility index (Phi) is 7.60. The van der Waals surface area contributed by atoms with Crippen molar-refractivity contribution in [3.63, 3.8) is 0 Å². The number of pyridine rings is 2. The third kappa shape index (κ3) is 5.65. The molecule has 4 aromatic rings. The molecule has 1 aromatic carbocycles. The highest BCUT2D eigenvalue weighted by molar-refractivity contribution is 6.02. The minimum absolute atomic E-state index is 0.0150. The number of para-hydroxylation sites is 1. The zero-order valence-electron chi connectivity index (χ0n) is 21.9. The van der Waals surface area contributed by atoms with E-state index in [4.69, 9.17) is 4.74 Å². The van der Waals surface area contributed by atoms with Crippen molar-refractivity contribution in [3.8, 4) is 17.1 Å². The molecule has 2 N–H and O–H groups in total. The summed E-state index contributed by atoms with van der Waals surface area (Å²) in [6, 6.07) is 11.6. The number of hydrogen-bond acceptors (Lipinski definition) is 9. The van der Waals surface area contributed by atoms with Crippen molar-refractivity contribution in [2.45, 2.75) is 32.7 Å². The number of hydrogen-bond donors (Lipinski definition) is 2. The highest BCUT2D eigenvalue weighted by Gasteiger charge is 2.18. The zero-order chi connectivity index (χ0) is 26.5. The second kappa shape index (κ2) is 11.4. The lowest BCUT2D eigenvalue weighted by molar-refractivity contribution is 0.0988. The number of aryl methyl sites for hydroxylation is 1. The number of Topliss-reactive ketones (excluding diaryl/α,β-unsaturated/α-hetero) is 1. The summed E-state index contributed by atoms with van der Waals surface area (Å²) in [7, 11) is 3.42. The normalized spacial score (nSPS) is 13.4. The lowest BCUT2D eigenvalue weighted by Gasteiger charge is -2.17. The van der Waals surface area contributed by atoms with Gasteiger partial charge in [0.05, 0.1) is 29.6 Å². The molecule has 1 saturated heterocycles. The summed E-state index contributed by atoms with van der Waals surface area (Å²) in [6.45, 7) is 5.01. The summed E-state index contributed by atoms with van der Waals surface area (Å²) < 4.78 is 7.39. The van der Waals surface area contributed by atoms with Gasteiger partial charge in [0.15, 0.2) is 17.4 Å². The van der Waals surface area contributed by atoms with Gasteiger partial charge >= 0.3 is 0 Å². The highest BCUT2D eigenvalue weighted by atomic mass is 16.5. The minimum atomic E-state index is -0.0150. The van der Waals surface area contributed by atoms with Crippen molar-refractivity contribution in [1.82, 2.24) is 29.6 Å². The van der Waals surface area contributed by atoms with Gasteiger partial charge in [0.25, 0.3) is 0 Å². The van der Waals surface area contributed by atoms with Crippen LogP contribution in [0.3, 0.4) is 0 Å². The third-order valence-electron chi connectivity index (χ3n) is 6.54. The van der Waals surface area contributed by atoms with Gasteiger partial charge in [-0.2, -0.15) is 5.10 Å². The van der Waals surface area contributed by atoms with Crippen LogP contribution in [0.25, 0.3) is 11.4 Å². The molecule has 0 unspecified atom stereocenters. The van der Waals surface area contributed by atoms with E-state index in [1.807, 2.05) is 56.6 Å². The average molecular weight is 513 g/mol. The molecule has 0 atom stereocenters. The lowest BCUT2D eigenvalue weighted by atomic mass is 10.1. The molecule has 1 aliphatic heterocycles. The summed E-state index contributed by atoms with van der Waals surface area (Å²) in [6.07, 6.45) is 7.92. The van der Waals surface area contributed by atoms with E-state index in [0.717, 1.165) is 25.2 Å². The number of carbonyl (C=O) groups is 1. The fourth-order valence-corrected chi connectivity index (χ4v) is 4.65. The Morgan fingerprint density at radius 2 is 1.84 bits per heavy atom. The summed E-state index contributed by atoms with van der Waals surface area (Å²) in [5.41, 5.74) is 3.74. The molecule has 4 heterocycles. The van der Waals surface area contributed by atoms with Crippen LogP contribution in [-0.2, 0) is 13.6 Å². The van der Waals surface area contributed by atoms with E-state index in [-0.39, 0.29) is 5.78 Å². The first-order chi connectivity index (χ1) is 18.5. The van der Waals surface area contributed by atoms with Crippen LogP contribution in [0.15, 0.2) is 55.1 Å². The number of nitrogens with zero attached hydrogens (tertiary/aromatic N) is 6. The fraction of sp³-hybridized carbons (Fsp3) is 0.321. The van der Waals surface area contributed by atoms with Crippen molar-refractivity contribution < 1.29 is 9.53 Å². The standard InChI is InChI=1S/C28H32N8O2/c1-4-24(37)21-16-30-26(33-25-14-19(10-11-29-25)17-36-12-5-6-13-36)15-23(21)32-22-9-7-8-20(27(22)38-3)28-31-18-35(2)34-28/h7-11,14-16,18H,4-6,12-13,17H2,1-3H3,(H2,29,30,32,33). The van der Waals surface area contributed by atoms with Crippen LogP contribution in [0.2, 0.25) is 0 Å². The average Bonchev–Trinajstić information content (AvgIpc) is 3.60. The summed E-state index contributed by atoms with van der Waals surface area (Å²) in [5, 5.41) is 11.1. The predicted octanol–water partition coefficient (Wildman–Crippen LogP) is 4.96. The zero-order valence-corrected chi connectivity index (χ0v) is 21.9. The number of likely N-dealkylation sites (tertiary alicyclic amines) is 1. The van der Waals surface area contributed by atoms with Crippen molar-refractivity contribution in [2.75, 3.05) is 30.8 Å². The van der Waals surface area contributed by atoms with Crippen molar-refractivity contribution in [3.05, 3.63) is 66.2 Å². The van der Waals surface area contributed by atoms with Gasteiger partial charge in [-0.05, 0) is 55.8 Å². The number of methoxy groups -OCH3 is 1. The predicted molar refractivity (Wildman–Crippen MR) is 147 cm³/mol. The van der Waals surface area contributed by atoms with Crippen LogP contribution in [0.4, 0.5) is 23.0 Å². The van der Waals surface area contributed by atoms with Crippen LogP contribution in [-0.4, -0.2) is 55.6 Å². The van der Waals surface area contributed by atoms with Gasteiger partial charge in [0.1, 0.15) is 18.0 Å². The van der Waals surface area contributed by atoms with Gasteiger partial charge in [-0.3, -0.25) is 14.4 Å². The first-order valence-corrected chi connectivity index (χ1v) is 12.8. The fourth-order valence-electron chi connectivity index (χ4n) is 4.65. The van der Waals surface area contributed by atoms with Gasteiger partial charge in [0, 0.05) is 38.5 Å². The largest absolute Gasteiger partial charge is 0.494 e. The van der Waals surface area contributed by atoms with E-state index < -0.39 is 0 Å². The number of aromatic nitrogens is 5. The van der Waals surface area contributed by atoms with Crippen molar-refractivity contribution in [2.24, 2.45) is 7.05 Å². The quantitative estimate of drug-likeness (QED) is 0.285. The van der Waals surface area contributed by atoms with Crippen LogP contribution in [0.5, 0.6) is 5.75 Å². The number of carbonyl (C=O) groups excluding carboxylic acids is 1. The third-order valence-corrected chi connectivity index (χ3v) is 6.54. The van der Waals surface area contributed by atoms with E-state index in [2.05, 4.69) is 35.6 Å². The Labute approximate surface area is 222 Å². The van der Waals surface area contributed by atoms with E-state index in [1.165, 1.54) is 18.4 Å². The molecule has 196 valence electrons. The van der Waals surface area contributed by atoms with E-state index in [9.17, 15) is 4.79 Å². The number of nitrogens with one attached hydrogen (secondary N) is 2. The highest BCUT2D eigenvalue weighted by Crippen LogP contribution is 2.37. The lowest BCUT2D eigenvalue weighted by Crippen LogP contribution is -2.18. The topological polar surface area (TPSA) is 110 Å². The summed E-state index contributed by atoms with van der Waals surface area (Å²) in [5.74, 6) is 2.40. The Hall–Kier alpha value is -4.31. The smallest absolute Gasteiger partial charge is 0.184 e. The molecular formula is C28H32N8O2. The van der Waals surface area contributed by atoms with Crippen LogP contribution < -0.4 is 15.4 Å². The molecule has 1 aliphatic rings. The van der Waals surface area contributed by atoms with Gasteiger partial charge in [-0.1, -0.05) is 13.0 Å². The number of ether oxygens (including phenoxy) is 1. The maximum absolute atomic E-state index is 12.8. The number of rotatable bonds is 10. The van der Waals surface area contributed by atoms with E-state index >= 15 is 0 Å². The van der Waals surface area contributed by atoms with E-state index in [0.29, 0.717) is 46.6 Å². The first-order valence-electron chi connectivity index (χ1n) is 12.8. The molecule has 10 heteroatoms. The molecular weight excluding hydrogens is 480 g/mol. The summed E-state index contributed by atoms with van der Waals surface area (Å²) in [4.78, 5) is 28.6. The first kappa shape index (κ1) is 25.3. The molecule has 0 aliphatic carbocycles. The van der Waals surface area contributed by atoms with Crippen LogP contribution in [0, 0.1) is 0 Å². The Bertz CT molecular complexity index is 1430. The Morgan fingerprint density at radius 1 is 1.03 bits per heavy atom. The molecule has 0 saturated carbocycles. The van der Waals surface area contributed by atoms with Gasteiger partial charge in [-0.25, -0.2) is 15.0 Å². The number of ketones is 1. The SMILES string of the molecule is CCC(=O)c1cnc(Nc2cc(CN3CCCC3)ccn2)cc1Nc1cccc(-c2ncn(C)n2)c1OC. The number of anilines is 4. The van der Waals surface area contributed by atoms with Crippen molar-refractivity contribution in [1.29, 1.82) is 0 Å². The van der Waals surface area contributed by atoms with Gasteiger partial charge in [-0.15, -0.1) is 0 Å². The molecule has 5 rings (SSSR count). The van der Waals surface area contributed by atoms with Crippen LogP contribution >= 0.6 is 0 Å². The molecule has 0 radical (unpaired) electrons. The molecule has 1 fully saturated rings. The molecule has 38 heavy (non-hydrogen) atoms. The molecule has 10 nitrogen and oxygen atoms in total. The van der Waals surface area contributed by atoms with Crippen LogP contribution in [0.1, 0.15) is 42.1 Å². The maximum atomic E-state index is 12.8. The minimum Gasteiger partial charge on any atom is -0.494 e. The molecule has 3 aromatic heterocycles. The molecule has 0 amide bonds. The maximum Gasteiger partial charge on any atom is 0.184 e. The van der Waals surface area contributed by atoms with Gasteiger partial charge < -0.3 is 15.4 Å². The molecule has 0 spiro atoms. The molecule has 0 bridgehead atoms. The monoisotopic (exact) mass is 512 g/mol. The van der Waals surface area contributed by atoms with Gasteiger partial charge in [0.2, 0.25) is 0 Å². The van der Waals surface area contributed by atoms with Crippen molar-refractivity contribution >= 4 is 28.8 Å². The van der Waals surface area contributed by atoms with E-state index in [1.54, 1.807) is 24.3 Å². The summed E-state index contributed by atoms with van der Waals surface area (Å²) >= 11 is 0. The Morgan fingerprint density at radius 3 is 2.58 bits per heavy atom. The second-order valence-corrected chi connectivity index (χ2v) is 9.30. The second-order valence-electron chi connectivity index (χ2n) is 9.30. The number of benzene rings is 1.